The van der Waals surface area contributed by atoms with Crippen LogP contribution in [-0.4, -0.2) is 47.6 Å². The number of hydrogen-bond donors (Lipinski definition) is 6. The van der Waals surface area contributed by atoms with Gasteiger partial charge in [0.25, 0.3) is 5.91 Å². The van der Waals surface area contributed by atoms with E-state index in [0.717, 1.165) is 6.07 Å². The second-order valence-electron chi connectivity index (χ2n) is 7.19. The third kappa shape index (κ3) is 6.95. The molecule has 1 saturated carbocycles. The Kier molecular flexibility index (Phi) is 7.73. The van der Waals surface area contributed by atoms with Crippen molar-refractivity contribution in [3.8, 4) is 0 Å². The van der Waals surface area contributed by atoms with Crippen LogP contribution in [0.4, 0.5) is 23.2 Å². The zero-order chi connectivity index (χ0) is 22.4. The maximum atomic E-state index is 13.2. The van der Waals surface area contributed by atoms with Crippen molar-refractivity contribution in [1.29, 1.82) is 5.41 Å². The lowest BCUT2D eigenvalue weighted by atomic mass is 9.79. The second-order valence-corrected chi connectivity index (χ2v) is 7.19. The number of rotatable bonds is 8. The lowest BCUT2D eigenvalue weighted by Gasteiger charge is -2.40. The van der Waals surface area contributed by atoms with E-state index >= 15 is 0 Å². The zero-order valence-corrected chi connectivity index (χ0v) is 16.2. The van der Waals surface area contributed by atoms with Crippen molar-refractivity contribution in [2.75, 3.05) is 18.4 Å². The van der Waals surface area contributed by atoms with E-state index in [0.29, 0.717) is 25.7 Å². The average Bonchev–Trinajstić information content (AvgIpc) is 2.66. The molecule has 0 radical (unpaired) electrons. The number of alkyl halides is 3. The summed E-state index contributed by atoms with van der Waals surface area (Å²) in [5.74, 6) is -2.00. The summed E-state index contributed by atoms with van der Waals surface area (Å²) in [5.41, 5.74) is 10.6. The van der Waals surface area contributed by atoms with Gasteiger partial charge in [-0.15, -0.1) is 0 Å². The van der Waals surface area contributed by atoms with Crippen molar-refractivity contribution in [3.63, 3.8) is 0 Å². The first kappa shape index (κ1) is 23.5. The molecule has 1 aromatic heterocycles. The Morgan fingerprint density at radius 3 is 2.57 bits per heavy atom. The summed E-state index contributed by atoms with van der Waals surface area (Å²) in [4.78, 5) is 15.2. The van der Waals surface area contributed by atoms with Crippen molar-refractivity contribution in [2.45, 2.75) is 43.4 Å². The number of hydrogen-bond acceptors (Lipinski definition) is 6. The SMILES string of the molecule is N=C(Nc1ccnc(F)c1)/C(=C\NC1(CN)CCC(NCC(F)(F)F)CC1)C(N)=O. The molecule has 8 nitrogen and oxygen atoms in total. The Bertz CT molecular complexity index is 789. The van der Waals surface area contributed by atoms with Gasteiger partial charge < -0.3 is 27.4 Å². The predicted octanol–water partition coefficient (Wildman–Crippen LogP) is 1.36. The molecule has 0 unspecified atom stereocenters. The second kappa shape index (κ2) is 9.85. The molecule has 1 amide bonds. The van der Waals surface area contributed by atoms with Crippen molar-refractivity contribution in [3.05, 3.63) is 36.1 Å². The Balaban J connectivity index is 2.01. The van der Waals surface area contributed by atoms with Crippen molar-refractivity contribution in [1.82, 2.24) is 15.6 Å². The third-order valence-electron chi connectivity index (χ3n) is 4.98. The topological polar surface area (TPSA) is 142 Å². The maximum absolute atomic E-state index is 13.2. The molecule has 1 fully saturated rings. The van der Waals surface area contributed by atoms with Gasteiger partial charge in [0.2, 0.25) is 5.95 Å². The lowest BCUT2D eigenvalue weighted by Crippen LogP contribution is -2.54. The van der Waals surface area contributed by atoms with Crippen LogP contribution in [0.15, 0.2) is 30.1 Å². The largest absolute Gasteiger partial charge is 0.401 e. The molecule has 8 N–H and O–H groups in total. The smallest absolute Gasteiger partial charge is 0.383 e. The zero-order valence-electron chi connectivity index (χ0n) is 16.2. The van der Waals surface area contributed by atoms with Gasteiger partial charge in [0.15, 0.2) is 0 Å². The molecule has 0 atom stereocenters. The molecular weight excluding hydrogens is 406 g/mol. The minimum absolute atomic E-state index is 0.178. The molecule has 0 spiro atoms. The Morgan fingerprint density at radius 1 is 1.37 bits per heavy atom. The van der Waals surface area contributed by atoms with Gasteiger partial charge in [0, 0.05) is 42.3 Å². The van der Waals surface area contributed by atoms with Crippen LogP contribution in [0.3, 0.4) is 0 Å². The number of halogens is 4. The molecule has 30 heavy (non-hydrogen) atoms. The van der Waals surface area contributed by atoms with E-state index in [-0.39, 0.29) is 29.7 Å². The van der Waals surface area contributed by atoms with Gasteiger partial charge in [-0.3, -0.25) is 10.2 Å². The summed E-state index contributed by atoms with van der Waals surface area (Å²) in [5, 5.41) is 16.1. The number of anilines is 1. The van der Waals surface area contributed by atoms with E-state index in [1.807, 2.05) is 0 Å². The highest BCUT2D eigenvalue weighted by Gasteiger charge is 2.35. The van der Waals surface area contributed by atoms with Crippen LogP contribution >= 0.6 is 0 Å². The van der Waals surface area contributed by atoms with Gasteiger partial charge in [-0.1, -0.05) is 0 Å². The average molecular weight is 431 g/mol. The molecule has 1 aromatic rings. The first-order chi connectivity index (χ1) is 14.0. The standard InChI is InChI=1S/C18H25F4N7O/c19-14-7-12(3-6-26-14)29-15(24)13(16(25)30)8-28-17(9-23)4-1-11(2-5-17)27-10-18(20,21)22/h3,6-8,11,27-28H,1-2,4-5,9-10,23H2,(H2,25,30)(H2,24,26,29)/b13-8+. The fourth-order valence-electron chi connectivity index (χ4n) is 3.23. The van der Waals surface area contributed by atoms with Crippen LogP contribution in [0.1, 0.15) is 25.7 Å². The van der Waals surface area contributed by atoms with Gasteiger partial charge in [-0.25, -0.2) is 4.98 Å². The quantitative estimate of drug-likeness (QED) is 0.121. The van der Waals surface area contributed by atoms with E-state index in [2.05, 4.69) is 20.9 Å². The van der Waals surface area contributed by atoms with Crippen LogP contribution in [0.2, 0.25) is 0 Å². The van der Waals surface area contributed by atoms with Crippen molar-refractivity contribution < 1.29 is 22.4 Å². The summed E-state index contributed by atoms with van der Waals surface area (Å²) in [6, 6.07) is 2.19. The predicted molar refractivity (Wildman–Crippen MR) is 104 cm³/mol. The summed E-state index contributed by atoms with van der Waals surface area (Å²) in [6.07, 6.45) is 0.0652. The normalized spacial score (nSPS) is 22.4. The molecule has 1 heterocycles. The van der Waals surface area contributed by atoms with Gasteiger partial charge in [-0.2, -0.15) is 17.6 Å². The summed E-state index contributed by atoms with van der Waals surface area (Å²) in [6.45, 7) is -0.872. The number of nitrogens with two attached hydrogens (primary N) is 2. The van der Waals surface area contributed by atoms with E-state index in [1.165, 1.54) is 18.5 Å². The van der Waals surface area contributed by atoms with Crippen molar-refractivity contribution >= 4 is 17.4 Å². The molecule has 166 valence electrons. The summed E-state index contributed by atoms with van der Waals surface area (Å²) in [7, 11) is 0. The van der Waals surface area contributed by atoms with Crippen LogP contribution < -0.4 is 27.4 Å². The monoisotopic (exact) mass is 431 g/mol. The maximum Gasteiger partial charge on any atom is 0.401 e. The number of amides is 1. The van der Waals surface area contributed by atoms with Crippen LogP contribution in [0.25, 0.3) is 0 Å². The van der Waals surface area contributed by atoms with Gasteiger partial charge >= 0.3 is 6.18 Å². The number of carbonyl (C=O) groups is 1. The Hall–Kier alpha value is -2.73. The molecule has 0 bridgehead atoms. The molecule has 1 aliphatic carbocycles. The van der Waals surface area contributed by atoms with Gasteiger partial charge in [0.05, 0.1) is 12.1 Å². The van der Waals surface area contributed by atoms with Crippen LogP contribution in [0.5, 0.6) is 0 Å². The molecule has 0 aliphatic heterocycles. The minimum atomic E-state index is -4.27. The number of amidine groups is 1. The van der Waals surface area contributed by atoms with Crippen LogP contribution in [-0.2, 0) is 4.79 Å². The summed E-state index contributed by atoms with van der Waals surface area (Å²) < 4.78 is 50.3. The Labute approximate surface area is 171 Å². The highest BCUT2D eigenvalue weighted by atomic mass is 19.4. The minimum Gasteiger partial charge on any atom is -0.383 e. The molecular formula is C18H25F4N7O. The van der Waals surface area contributed by atoms with E-state index in [1.54, 1.807) is 0 Å². The molecule has 2 rings (SSSR count). The Morgan fingerprint density at radius 2 is 2.03 bits per heavy atom. The van der Waals surface area contributed by atoms with Gasteiger partial charge in [0.1, 0.15) is 5.84 Å². The fraction of sp³-hybridized carbons (Fsp3) is 0.500. The number of carbonyl (C=O) groups excluding carboxylic acids is 1. The highest BCUT2D eigenvalue weighted by Crippen LogP contribution is 2.28. The van der Waals surface area contributed by atoms with Crippen molar-refractivity contribution in [2.24, 2.45) is 11.5 Å². The third-order valence-corrected chi connectivity index (χ3v) is 4.98. The number of pyridine rings is 1. The van der Waals surface area contributed by atoms with E-state index in [4.69, 9.17) is 16.9 Å². The molecule has 1 aliphatic rings. The lowest BCUT2D eigenvalue weighted by molar-refractivity contribution is -0.126. The first-order valence-corrected chi connectivity index (χ1v) is 9.29. The molecule has 0 aromatic carbocycles. The number of nitrogens with zero attached hydrogens (tertiary/aromatic N) is 1. The molecule has 12 heteroatoms. The van der Waals surface area contributed by atoms with Gasteiger partial charge in [-0.05, 0) is 31.7 Å². The summed E-state index contributed by atoms with van der Waals surface area (Å²) >= 11 is 0. The fourth-order valence-corrected chi connectivity index (χ4v) is 3.23. The van der Waals surface area contributed by atoms with Crippen LogP contribution in [0, 0.1) is 11.4 Å². The molecule has 0 saturated heterocycles. The number of aromatic nitrogens is 1. The number of primary amides is 1. The van der Waals surface area contributed by atoms with E-state index in [9.17, 15) is 22.4 Å². The van der Waals surface area contributed by atoms with E-state index < -0.39 is 30.1 Å². The number of nitrogens with one attached hydrogen (secondary N) is 4. The highest BCUT2D eigenvalue weighted by molar-refractivity contribution is 6.23. The first-order valence-electron chi connectivity index (χ1n) is 9.29.